The highest BCUT2D eigenvalue weighted by atomic mass is 16.5. The molecule has 0 aromatic heterocycles. The van der Waals surface area contributed by atoms with Crippen molar-refractivity contribution >= 4 is 12.0 Å². The van der Waals surface area contributed by atoms with Crippen molar-refractivity contribution in [1.82, 2.24) is 0 Å². The average molecular weight is 157 g/mol. The van der Waals surface area contributed by atoms with Crippen LogP contribution in [0.1, 0.15) is 19.3 Å². The topological polar surface area (TPSA) is 55.7 Å². The van der Waals surface area contributed by atoms with Gasteiger partial charge in [-0.1, -0.05) is 0 Å². The van der Waals surface area contributed by atoms with Crippen molar-refractivity contribution in [1.29, 1.82) is 0 Å². The Morgan fingerprint density at radius 1 is 1.55 bits per heavy atom. The lowest BCUT2D eigenvalue weighted by molar-refractivity contribution is -0.140. The number of ether oxygens (including phenoxy) is 1. The van der Waals surface area contributed by atoms with Crippen LogP contribution < -0.4 is 0 Å². The van der Waals surface area contributed by atoms with Crippen molar-refractivity contribution in [3.8, 4) is 0 Å². The predicted octanol–water partition coefficient (Wildman–Crippen LogP) is 0.665. The van der Waals surface area contributed by atoms with Gasteiger partial charge in [0.2, 0.25) is 6.08 Å². The molecule has 0 amide bonds. The third kappa shape index (κ3) is 6.74. The largest absolute Gasteiger partial charge is 0.469 e. The highest BCUT2D eigenvalue weighted by Gasteiger charge is 1.97. The van der Waals surface area contributed by atoms with Gasteiger partial charge in [0.05, 0.1) is 13.7 Å². The number of esters is 1. The number of unbranched alkanes of at least 4 members (excludes halogenated alkanes) is 1. The number of hydrogen-bond donors (Lipinski definition) is 0. The standard InChI is InChI=1S/C7H11NO3/c1-11-7(10)4-2-3-5-8-6-9/h2-5H2,1H3. The second-order valence-electron chi connectivity index (χ2n) is 2.01. The van der Waals surface area contributed by atoms with Gasteiger partial charge in [-0.3, -0.25) is 4.79 Å². The van der Waals surface area contributed by atoms with Gasteiger partial charge in [0, 0.05) is 6.42 Å². The second-order valence-corrected chi connectivity index (χ2v) is 2.01. The van der Waals surface area contributed by atoms with Crippen molar-refractivity contribution < 1.29 is 14.3 Å². The maximum atomic E-state index is 10.5. The molecule has 0 aliphatic heterocycles. The van der Waals surface area contributed by atoms with Crippen molar-refractivity contribution in [2.75, 3.05) is 13.7 Å². The number of carbonyl (C=O) groups is 1. The van der Waals surface area contributed by atoms with Crippen LogP contribution >= 0.6 is 0 Å². The zero-order chi connectivity index (χ0) is 8.53. The van der Waals surface area contributed by atoms with E-state index in [1.54, 1.807) is 0 Å². The molecule has 0 bridgehead atoms. The van der Waals surface area contributed by atoms with E-state index in [-0.39, 0.29) is 5.97 Å². The summed E-state index contributed by atoms with van der Waals surface area (Å²) in [6, 6.07) is 0. The van der Waals surface area contributed by atoms with Crippen molar-refractivity contribution in [3.63, 3.8) is 0 Å². The molecule has 0 spiro atoms. The summed E-state index contributed by atoms with van der Waals surface area (Å²) in [5.41, 5.74) is 0. The summed E-state index contributed by atoms with van der Waals surface area (Å²) >= 11 is 0. The van der Waals surface area contributed by atoms with Gasteiger partial charge in [0.1, 0.15) is 0 Å². The molecule has 0 fully saturated rings. The van der Waals surface area contributed by atoms with Crippen molar-refractivity contribution in [2.24, 2.45) is 4.99 Å². The molecule has 0 aliphatic carbocycles. The molecule has 4 nitrogen and oxygen atoms in total. The first-order chi connectivity index (χ1) is 5.31. The van der Waals surface area contributed by atoms with E-state index in [9.17, 15) is 9.59 Å². The van der Waals surface area contributed by atoms with E-state index >= 15 is 0 Å². The highest BCUT2D eigenvalue weighted by molar-refractivity contribution is 5.68. The zero-order valence-corrected chi connectivity index (χ0v) is 6.50. The minimum Gasteiger partial charge on any atom is -0.469 e. The van der Waals surface area contributed by atoms with E-state index in [1.165, 1.54) is 13.2 Å². The van der Waals surface area contributed by atoms with Crippen LogP contribution in [0.15, 0.2) is 4.99 Å². The Kier molecular flexibility index (Phi) is 6.24. The van der Waals surface area contributed by atoms with Gasteiger partial charge in [0.15, 0.2) is 0 Å². The average Bonchev–Trinajstić information content (AvgIpc) is 2.04. The van der Waals surface area contributed by atoms with Gasteiger partial charge < -0.3 is 4.74 Å². The Balaban J connectivity index is 3.14. The van der Waals surface area contributed by atoms with Crippen LogP contribution in [0.4, 0.5) is 0 Å². The quantitative estimate of drug-likeness (QED) is 0.255. The number of hydrogen-bond acceptors (Lipinski definition) is 4. The van der Waals surface area contributed by atoms with E-state index in [2.05, 4.69) is 9.73 Å². The molecular formula is C7H11NO3. The first kappa shape index (κ1) is 9.85. The van der Waals surface area contributed by atoms with Crippen molar-refractivity contribution in [2.45, 2.75) is 19.3 Å². The molecule has 11 heavy (non-hydrogen) atoms. The molecule has 4 heteroatoms. The van der Waals surface area contributed by atoms with Crippen LogP contribution in [-0.2, 0) is 14.3 Å². The van der Waals surface area contributed by atoms with Crippen LogP contribution in [0.3, 0.4) is 0 Å². The Labute approximate surface area is 65.3 Å². The summed E-state index contributed by atoms with van der Waals surface area (Å²) in [7, 11) is 1.35. The summed E-state index contributed by atoms with van der Waals surface area (Å²) < 4.78 is 4.41. The molecule has 0 radical (unpaired) electrons. The third-order valence-corrected chi connectivity index (χ3v) is 1.19. The summed E-state index contributed by atoms with van der Waals surface area (Å²) in [4.78, 5) is 23.4. The highest BCUT2D eigenvalue weighted by Crippen LogP contribution is 1.96. The van der Waals surface area contributed by atoms with Crippen LogP contribution in [0.25, 0.3) is 0 Å². The third-order valence-electron chi connectivity index (χ3n) is 1.19. The summed E-state index contributed by atoms with van der Waals surface area (Å²) in [5, 5.41) is 0. The lowest BCUT2D eigenvalue weighted by Crippen LogP contribution is -1.99. The van der Waals surface area contributed by atoms with Gasteiger partial charge >= 0.3 is 5.97 Å². The van der Waals surface area contributed by atoms with E-state index in [1.807, 2.05) is 0 Å². The maximum Gasteiger partial charge on any atom is 0.305 e. The van der Waals surface area contributed by atoms with Gasteiger partial charge in [-0.15, -0.1) is 0 Å². The summed E-state index contributed by atoms with van der Waals surface area (Å²) in [5.74, 6) is -0.222. The maximum absolute atomic E-state index is 10.5. The van der Waals surface area contributed by atoms with Gasteiger partial charge in [-0.25, -0.2) is 9.79 Å². The second kappa shape index (κ2) is 6.96. The first-order valence-electron chi connectivity index (χ1n) is 3.41. The van der Waals surface area contributed by atoms with E-state index < -0.39 is 0 Å². The Hall–Kier alpha value is -1.15. The number of methoxy groups -OCH3 is 1. The van der Waals surface area contributed by atoms with Crippen LogP contribution in [-0.4, -0.2) is 25.7 Å². The number of nitrogens with zero attached hydrogens (tertiary/aromatic N) is 1. The lowest BCUT2D eigenvalue weighted by atomic mass is 10.2. The van der Waals surface area contributed by atoms with Crippen LogP contribution in [0, 0.1) is 0 Å². The van der Waals surface area contributed by atoms with Gasteiger partial charge in [0.25, 0.3) is 0 Å². The van der Waals surface area contributed by atoms with Gasteiger partial charge in [-0.05, 0) is 12.8 Å². The molecule has 0 rings (SSSR count). The minimum absolute atomic E-state index is 0.222. The normalized spacial score (nSPS) is 8.45. The monoisotopic (exact) mass is 157 g/mol. The molecule has 0 N–H and O–H groups in total. The van der Waals surface area contributed by atoms with Crippen LogP contribution in [0.2, 0.25) is 0 Å². The molecule has 0 aliphatic rings. The van der Waals surface area contributed by atoms with Crippen LogP contribution in [0.5, 0.6) is 0 Å². The fraction of sp³-hybridized carbons (Fsp3) is 0.714. The van der Waals surface area contributed by atoms with Crippen molar-refractivity contribution in [3.05, 3.63) is 0 Å². The predicted molar refractivity (Wildman–Crippen MR) is 38.9 cm³/mol. The minimum atomic E-state index is -0.222. The number of rotatable bonds is 5. The SMILES string of the molecule is COC(=O)CCCCN=C=O. The molecule has 0 aromatic rings. The molecular weight excluding hydrogens is 146 g/mol. The lowest BCUT2D eigenvalue weighted by Gasteiger charge is -1.95. The fourth-order valence-corrected chi connectivity index (χ4v) is 0.608. The molecule has 0 saturated heterocycles. The number of isocyanates is 1. The van der Waals surface area contributed by atoms with E-state index in [0.29, 0.717) is 19.4 Å². The molecule has 0 unspecified atom stereocenters. The Morgan fingerprint density at radius 3 is 2.82 bits per heavy atom. The van der Waals surface area contributed by atoms with Gasteiger partial charge in [-0.2, -0.15) is 0 Å². The Bertz CT molecular complexity index is 161. The van der Waals surface area contributed by atoms with E-state index in [0.717, 1.165) is 6.42 Å². The molecule has 62 valence electrons. The fourth-order valence-electron chi connectivity index (χ4n) is 0.608. The summed E-state index contributed by atoms with van der Waals surface area (Å²) in [6.07, 6.45) is 3.26. The number of carbonyl (C=O) groups excluding carboxylic acids is 2. The molecule has 0 saturated carbocycles. The smallest absolute Gasteiger partial charge is 0.305 e. The van der Waals surface area contributed by atoms with E-state index in [4.69, 9.17) is 0 Å². The summed E-state index contributed by atoms with van der Waals surface area (Å²) in [6.45, 7) is 0.445. The molecule has 0 aromatic carbocycles. The first-order valence-corrected chi connectivity index (χ1v) is 3.41. The zero-order valence-electron chi connectivity index (χ0n) is 6.50. The molecule has 0 heterocycles. The molecule has 0 atom stereocenters. The Morgan fingerprint density at radius 2 is 2.27 bits per heavy atom. The number of aliphatic imine (C=N–C) groups is 1.